The van der Waals surface area contributed by atoms with Crippen molar-refractivity contribution in [2.24, 2.45) is 5.92 Å². The number of hydrogen-bond donors (Lipinski definition) is 1. The SMILES string of the molecule is CSc1ccc(Cl)c(C(=O)N2CC[C@@H]3NC(=O)C[C@@H]3C2)c1. The Morgan fingerprint density at radius 3 is 3.05 bits per heavy atom. The van der Waals surface area contributed by atoms with Gasteiger partial charge in [0.1, 0.15) is 0 Å². The van der Waals surface area contributed by atoms with Gasteiger partial charge in [0, 0.05) is 36.4 Å². The molecule has 2 heterocycles. The van der Waals surface area contributed by atoms with Gasteiger partial charge in [-0.1, -0.05) is 11.6 Å². The average Bonchev–Trinajstić information content (AvgIpc) is 2.86. The molecule has 112 valence electrons. The number of carbonyl (C=O) groups is 2. The predicted molar refractivity (Wildman–Crippen MR) is 83.8 cm³/mol. The van der Waals surface area contributed by atoms with Gasteiger partial charge in [-0.3, -0.25) is 9.59 Å². The average molecular weight is 325 g/mol. The van der Waals surface area contributed by atoms with E-state index >= 15 is 0 Å². The number of likely N-dealkylation sites (tertiary alicyclic amines) is 1. The maximum Gasteiger partial charge on any atom is 0.255 e. The summed E-state index contributed by atoms with van der Waals surface area (Å²) in [6.07, 6.45) is 3.31. The third-order valence-electron chi connectivity index (χ3n) is 4.22. The first-order valence-corrected chi connectivity index (χ1v) is 8.61. The lowest BCUT2D eigenvalue weighted by Gasteiger charge is -2.34. The second-order valence-corrected chi connectivity index (χ2v) is 6.81. The molecule has 2 saturated heterocycles. The summed E-state index contributed by atoms with van der Waals surface area (Å²) in [5, 5.41) is 3.46. The Bertz CT molecular complexity index is 593. The van der Waals surface area contributed by atoms with E-state index in [1.54, 1.807) is 17.8 Å². The molecule has 0 bridgehead atoms. The van der Waals surface area contributed by atoms with Gasteiger partial charge in [-0.15, -0.1) is 11.8 Å². The summed E-state index contributed by atoms with van der Waals surface area (Å²) in [6, 6.07) is 5.76. The first-order valence-electron chi connectivity index (χ1n) is 7.00. The van der Waals surface area contributed by atoms with Crippen LogP contribution in [0, 0.1) is 5.92 Å². The molecule has 1 aromatic rings. The quantitative estimate of drug-likeness (QED) is 0.850. The molecule has 0 saturated carbocycles. The standard InChI is InChI=1S/C15H17ClN2O2S/c1-21-10-2-3-12(16)11(7-10)15(20)18-5-4-13-9(8-18)6-14(19)17-13/h2-3,7,9,13H,4-6,8H2,1H3,(H,17,19)/t9-,13+/m1/s1. The van der Waals surface area contributed by atoms with Crippen molar-refractivity contribution in [1.82, 2.24) is 10.2 Å². The highest BCUT2D eigenvalue weighted by atomic mass is 35.5. The van der Waals surface area contributed by atoms with E-state index in [-0.39, 0.29) is 23.8 Å². The number of amides is 2. The Morgan fingerprint density at radius 2 is 2.29 bits per heavy atom. The number of rotatable bonds is 2. The van der Waals surface area contributed by atoms with Gasteiger partial charge >= 0.3 is 0 Å². The molecule has 1 aromatic carbocycles. The van der Waals surface area contributed by atoms with Gasteiger partial charge in [0.15, 0.2) is 0 Å². The fraction of sp³-hybridized carbons (Fsp3) is 0.467. The first-order chi connectivity index (χ1) is 10.1. The van der Waals surface area contributed by atoms with Crippen molar-refractivity contribution in [3.63, 3.8) is 0 Å². The lowest BCUT2D eigenvalue weighted by molar-refractivity contribution is -0.119. The third kappa shape index (κ3) is 2.90. The highest BCUT2D eigenvalue weighted by molar-refractivity contribution is 7.98. The summed E-state index contributed by atoms with van der Waals surface area (Å²) >= 11 is 7.77. The summed E-state index contributed by atoms with van der Waals surface area (Å²) in [6.45, 7) is 1.29. The Morgan fingerprint density at radius 1 is 1.48 bits per heavy atom. The highest BCUT2D eigenvalue weighted by Gasteiger charge is 2.38. The molecule has 3 rings (SSSR count). The van der Waals surface area contributed by atoms with Gasteiger partial charge in [0.2, 0.25) is 5.91 Å². The monoisotopic (exact) mass is 324 g/mol. The smallest absolute Gasteiger partial charge is 0.255 e. The minimum atomic E-state index is -0.0336. The molecule has 2 fully saturated rings. The van der Waals surface area contributed by atoms with Crippen LogP contribution in [0.5, 0.6) is 0 Å². The number of fused-ring (bicyclic) bond motifs is 1. The normalized spacial score (nSPS) is 24.7. The van der Waals surface area contributed by atoms with Crippen LogP contribution in [0.4, 0.5) is 0 Å². The van der Waals surface area contributed by atoms with Crippen LogP contribution in [0.1, 0.15) is 23.2 Å². The van der Waals surface area contributed by atoms with Crippen LogP contribution in [0.3, 0.4) is 0 Å². The Kier molecular flexibility index (Phi) is 4.13. The molecule has 4 nitrogen and oxygen atoms in total. The van der Waals surface area contributed by atoms with E-state index in [9.17, 15) is 9.59 Å². The molecular formula is C15H17ClN2O2S. The largest absolute Gasteiger partial charge is 0.353 e. The topological polar surface area (TPSA) is 49.4 Å². The minimum absolute atomic E-state index is 0.0336. The van der Waals surface area contributed by atoms with E-state index in [0.717, 1.165) is 11.3 Å². The molecule has 0 unspecified atom stereocenters. The molecule has 0 aromatic heterocycles. The van der Waals surface area contributed by atoms with E-state index in [0.29, 0.717) is 30.1 Å². The number of nitrogens with zero attached hydrogens (tertiary/aromatic N) is 1. The van der Waals surface area contributed by atoms with Crippen molar-refractivity contribution in [2.45, 2.75) is 23.8 Å². The Labute approximate surface area is 133 Å². The molecule has 0 aliphatic carbocycles. The van der Waals surface area contributed by atoms with Crippen molar-refractivity contribution in [3.8, 4) is 0 Å². The van der Waals surface area contributed by atoms with Gasteiger partial charge in [0.05, 0.1) is 10.6 Å². The van der Waals surface area contributed by atoms with E-state index in [1.807, 2.05) is 23.3 Å². The number of hydrogen-bond acceptors (Lipinski definition) is 3. The zero-order chi connectivity index (χ0) is 15.0. The molecule has 6 heteroatoms. The second kappa shape index (κ2) is 5.89. The minimum Gasteiger partial charge on any atom is -0.353 e. The van der Waals surface area contributed by atoms with Crippen LogP contribution in [-0.4, -0.2) is 42.1 Å². The number of carbonyl (C=O) groups excluding carboxylic acids is 2. The number of piperidine rings is 1. The third-order valence-corrected chi connectivity index (χ3v) is 5.27. The predicted octanol–water partition coefficient (Wildman–Crippen LogP) is 2.41. The zero-order valence-electron chi connectivity index (χ0n) is 11.8. The molecule has 2 atom stereocenters. The molecule has 1 N–H and O–H groups in total. The summed E-state index contributed by atoms with van der Waals surface area (Å²) in [7, 11) is 0. The van der Waals surface area contributed by atoms with E-state index in [1.165, 1.54) is 0 Å². The maximum absolute atomic E-state index is 12.7. The van der Waals surface area contributed by atoms with Crippen LogP contribution in [0.25, 0.3) is 0 Å². The first kappa shape index (κ1) is 14.7. The lowest BCUT2D eigenvalue weighted by atomic mass is 9.93. The van der Waals surface area contributed by atoms with Gasteiger partial charge in [-0.2, -0.15) is 0 Å². The van der Waals surface area contributed by atoms with Crippen molar-refractivity contribution < 1.29 is 9.59 Å². The van der Waals surface area contributed by atoms with Crippen LogP contribution in [0.2, 0.25) is 5.02 Å². The summed E-state index contributed by atoms with van der Waals surface area (Å²) < 4.78 is 0. The van der Waals surface area contributed by atoms with Gasteiger partial charge in [0.25, 0.3) is 5.91 Å². The van der Waals surface area contributed by atoms with Crippen molar-refractivity contribution >= 4 is 35.2 Å². The summed E-state index contributed by atoms with van der Waals surface area (Å²) in [5.74, 6) is 0.299. The van der Waals surface area contributed by atoms with Crippen LogP contribution in [-0.2, 0) is 4.79 Å². The molecule has 2 amide bonds. The van der Waals surface area contributed by atoms with Crippen molar-refractivity contribution in [3.05, 3.63) is 28.8 Å². The second-order valence-electron chi connectivity index (χ2n) is 5.52. The number of thioether (sulfide) groups is 1. The lowest BCUT2D eigenvalue weighted by Crippen LogP contribution is -2.47. The zero-order valence-corrected chi connectivity index (χ0v) is 13.3. The van der Waals surface area contributed by atoms with E-state index < -0.39 is 0 Å². The molecule has 21 heavy (non-hydrogen) atoms. The van der Waals surface area contributed by atoms with Gasteiger partial charge < -0.3 is 10.2 Å². The Balaban J connectivity index is 1.78. The molecule has 2 aliphatic rings. The Hall–Kier alpha value is -1.20. The fourth-order valence-corrected chi connectivity index (χ4v) is 3.72. The maximum atomic E-state index is 12.7. The number of benzene rings is 1. The van der Waals surface area contributed by atoms with Crippen molar-refractivity contribution in [2.75, 3.05) is 19.3 Å². The highest BCUT2D eigenvalue weighted by Crippen LogP contribution is 2.29. The fourth-order valence-electron chi connectivity index (χ4n) is 3.08. The van der Waals surface area contributed by atoms with Crippen LogP contribution in [0.15, 0.2) is 23.1 Å². The number of halogens is 1. The number of nitrogens with one attached hydrogen (secondary N) is 1. The van der Waals surface area contributed by atoms with E-state index in [4.69, 9.17) is 11.6 Å². The summed E-state index contributed by atoms with van der Waals surface area (Å²) in [5.41, 5.74) is 0.555. The molecule has 0 radical (unpaired) electrons. The van der Waals surface area contributed by atoms with Crippen LogP contribution < -0.4 is 5.32 Å². The van der Waals surface area contributed by atoms with Gasteiger partial charge in [-0.25, -0.2) is 0 Å². The van der Waals surface area contributed by atoms with Crippen LogP contribution >= 0.6 is 23.4 Å². The van der Waals surface area contributed by atoms with E-state index in [2.05, 4.69) is 5.32 Å². The molecule has 2 aliphatic heterocycles. The molecule has 0 spiro atoms. The molecular weight excluding hydrogens is 308 g/mol. The summed E-state index contributed by atoms with van der Waals surface area (Å²) in [4.78, 5) is 27.0. The van der Waals surface area contributed by atoms with Gasteiger partial charge in [-0.05, 0) is 30.9 Å². The van der Waals surface area contributed by atoms with Crippen molar-refractivity contribution in [1.29, 1.82) is 0 Å².